The highest BCUT2D eigenvalue weighted by atomic mass is 15.2. The zero-order valence-corrected chi connectivity index (χ0v) is 13.8. The van der Waals surface area contributed by atoms with Crippen LogP contribution in [0.4, 0.5) is 0 Å². The second kappa shape index (κ2) is 4.87. The minimum Gasteiger partial charge on any atom is -0.296 e. The minimum atomic E-state index is 0.262. The van der Waals surface area contributed by atoms with E-state index in [1.54, 1.807) is 16.7 Å². The van der Waals surface area contributed by atoms with E-state index >= 15 is 0 Å². The largest absolute Gasteiger partial charge is 0.296 e. The number of hydrogen-bond donors (Lipinski definition) is 0. The first-order chi connectivity index (χ1) is 9.36. The highest BCUT2D eigenvalue weighted by Gasteiger charge is 2.32. The molecule has 110 valence electrons. The van der Waals surface area contributed by atoms with Crippen LogP contribution in [0.2, 0.25) is 0 Å². The molecule has 0 saturated carbocycles. The van der Waals surface area contributed by atoms with Gasteiger partial charge in [-0.05, 0) is 66.7 Å². The maximum Gasteiger partial charge on any atom is 0.0239 e. The van der Waals surface area contributed by atoms with Crippen molar-refractivity contribution in [3.63, 3.8) is 0 Å². The van der Waals surface area contributed by atoms with Gasteiger partial charge in [-0.15, -0.1) is 0 Å². The van der Waals surface area contributed by atoms with Crippen LogP contribution in [0.25, 0.3) is 0 Å². The molecule has 0 N–H and O–H groups in total. The monoisotopic (exact) mass is 271 g/mol. The summed E-state index contributed by atoms with van der Waals surface area (Å²) >= 11 is 0. The Labute approximate surface area is 124 Å². The molecule has 0 spiro atoms. The summed E-state index contributed by atoms with van der Waals surface area (Å²) in [5.41, 5.74) is 6.79. The molecule has 3 rings (SSSR count). The van der Waals surface area contributed by atoms with Crippen LogP contribution >= 0.6 is 0 Å². The topological polar surface area (TPSA) is 3.24 Å². The first-order valence-corrected chi connectivity index (χ1v) is 8.26. The van der Waals surface area contributed by atoms with Crippen molar-refractivity contribution in [2.24, 2.45) is 0 Å². The number of benzene rings is 1. The molecule has 0 fully saturated rings. The lowest BCUT2D eigenvalue weighted by Gasteiger charge is -2.41. The second-order valence-electron chi connectivity index (χ2n) is 8.07. The molecule has 1 unspecified atom stereocenters. The fourth-order valence-corrected chi connectivity index (χ4v) is 3.90. The third kappa shape index (κ3) is 2.41. The Morgan fingerprint density at radius 2 is 1.85 bits per heavy atom. The molecule has 20 heavy (non-hydrogen) atoms. The van der Waals surface area contributed by atoms with Gasteiger partial charge in [-0.25, -0.2) is 0 Å². The fraction of sp³-hybridized carbons (Fsp3) is 0.684. The van der Waals surface area contributed by atoms with E-state index in [1.165, 1.54) is 31.4 Å². The van der Waals surface area contributed by atoms with Crippen LogP contribution in [0.5, 0.6) is 0 Å². The van der Waals surface area contributed by atoms with E-state index in [4.69, 9.17) is 0 Å². The number of aryl methyl sites for hydroxylation is 1. The van der Waals surface area contributed by atoms with Crippen molar-refractivity contribution in [2.75, 3.05) is 6.54 Å². The van der Waals surface area contributed by atoms with Gasteiger partial charge in [0.25, 0.3) is 0 Å². The third-order valence-corrected chi connectivity index (χ3v) is 5.18. The number of rotatable bonds is 1. The first-order valence-electron chi connectivity index (χ1n) is 8.26. The maximum absolute atomic E-state index is 2.66. The first kappa shape index (κ1) is 14.1. The molecule has 0 bridgehead atoms. The van der Waals surface area contributed by atoms with Crippen molar-refractivity contribution in [2.45, 2.75) is 77.8 Å². The molecule has 1 heterocycles. The second-order valence-corrected chi connectivity index (χ2v) is 8.07. The van der Waals surface area contributed by atoms with E-state index in [-0.39, 0.29) is 5.41 Å². The van der Waals surface area contributed by atoms with Crippen LogP contribution in [0.15, 0.2) is 12.1 Å². The zero-order valence-electron chi connectivity index (χ0n) is 13.8. The normalized spacial score (nSPS) is 23.0. The van der Waals surface area contributed by atoms with Gasteiger partial charge in [-0.3, -0.25) is 4.90 Å². The Bertz CT molecular complexity index is 507. The van der Waals surface area contributed by atoms with Crippen LogP contribution in [0, 0.1) is 0 Å². The summed E-state index contributed by atoms with van der Waals surface area (Å²) in [6.45, 7) is 14.1. The molecule has 0 aromatic heterocycles. The summed E-state index contributed by atoms with van der Waals surface area (Å²) in [6, 6.07) is 5.67. The Morgan fingerprint density at radius 1 is 1.15 bits per heavy atom. The maximum atomic E-state index is 2.66. The quantitative estimate of drug-likeness (QED) is 0.720. The Balaban J connectivity index is 2.09. The van der Waals surface area contributed by atoms with Gasteiger partial charge in [0.05, 0.1) is 0 Å². The molecule has 0 saturated heterocycles. The highest BCUT2D eigenvalue weighted by Crippen LogP contribution is 2.41. The van der Waals surface area contributed by atoms with Gasteiger partial charge in [0.2, 0.25) is 0 Å². The molecular formula is C19H29N. The molecule has 1 atom stereocenters. The van der Waals surface area contributed by atoms with Gasteiger partial charge < -0.3 is 0 Å². The van der Waals surface area contributed by atoms with E-state index in [9.17, 15) is 0 Å². The summed E-state index contributed by atoms with van der Waals surface area (Å²) in [4.78, 5) is 2.66. The molecule has 1 nitrogen and oxygen atoms in total. The minimum absolute atomic E-state index is 0.262. The van der Waals surface area contributed by atoms with Crippen molar-refractivity contribution < 1.29 is 0 Å². The van der Waals surface area contributed by atoms with Gasteiger partial charge in [0.1, 0.15) is 0 Å². The lowest BCUT2D eigenvalue weighted by Crippen LogP contribution is -2.40. The van der Waals surface area contributed by atoms with Gasteiger partial charge >= 0.3 is 0 Å². The van der Waals surface area contributed by atoms with Crippen LogP contribution in [0.3, 0.4) is 0 Å². The highest BCUT2D eigenvalue weighted by molar-refractivity contribution is 5.46. The van der Waals surface area contributed by atoms with Crippen molar-refractivity contribution in [3.05, 3.63) is 34.4 Å². The number of nitrogens with zero attached hydrogens (tertiary/aromatic N) is 1. The van der Waals surface area contributed by atoms with Crippen LogP contribution < -0.4 is 0 Å². The lowest BCUT2D eigenvalue weighted by molar-refractivity contribution is 0.176. The predicted molar refractivity (Wildman–Crippen MR) is 86.4 cm³/mol. The zero-order chi connectivity index (χ0) is 14.5. The van der Waals surface area contributed by atoms with E-state index in [2.05, 4.69) is 51.7 Å². The summed E-state index contributed by atoms with van der Waals surface area (Å²) < 4.78 is 0. The van der Waals surface area contributed by atoms with Crippen molar-refractivity contribution >= 4 is 0 Å². The van der Waals surface area contributed by atoms with Gasteiger partial charge in [-0.2, -0.15) is 0 Å². The Hall–Kier alpha value is -0.820. The lowest BCUT2D eigenvalue weighted by atomic mass is 9.74. The molecular weight excluding hydrogens is 242 g/mol. The van der Waals surface area contributed by atoms with E-state index < -0.39 is 0 Å². The van der Waals surface area contributed by atoms with Crippen molar-refractivity contribution in [1.82, 2.24) is 4.90 Å². The summed E-state index contributed by atoms with van der Waals surface area (Å²) in [6.07, 6.45) is 4.05. The van der Waals surface area contributed by atoms with Gasteiger partial charge in [0, 0.05) is 19.1 Å². The molecule has 2 aliphatic rings. The van der Waals surface area contributed by atoms with Crippen LogP contribution in [-0.4, -0.2) is 17.5 Å². The summed E-state index contributed by atoms with van der Waals surface area (Å²) in [5, 5.41) is 0. The van der Waals surface area contributed by atoms with Crippen molar-refractivity contribution in [1.29, 1.82) is 0 Å². The SMILES string of the molecule is CC(C)N1Cc2cc(C(C)(C)C)cc3c2C(CCC3)C1. The molecule has 0 radical (unpaired) electrons. The molecule has 1 aromatic rings. The Morgan fingerprint density at radius 3 is 2.50 bits per heavy atom. The Kier molecular flexibility index (Phi) is 3.44. The molecule has 1 aliphatic carbocycles. The summed E-state index contributed by atoms with van der Waals surface area (Å²) in [5.74, 6) is 0.791. The van der Waals surface area contributed by atoms with Gasteiger partial charge in [-0.1, -0.05) is 32.9 Å². The third-order valence-electron chi connectivity index (χ3n) is 5.18. The average molecular weight is 271 g/mol. The molecule has 0 amide bonds. The van der Waals surface area contributed by atoms with E-state index in [1.807, 2.05) is 0 Å². The standard InChI is InChI=1S/C19H29N/c1-13(2)20-11-15-8-6-7-14-9-17(19(3,4)5)10-16(12-20)18(14)15/h9-10,13,15H,6-8,11-12H2,1-5H3. The number of hydrogen-bond acceptors (Lipinski definition) is 1. The summed E-state index contributed by atoms with van der Waals surface area (Å²) in [7, 11) is 0. The predicted octanol–water partition coefficient (Wildman–Crippen LogP) is 4.63. The van der Waals surface area contributed by atoms with Gasteiger partial charge in [0.15, 0.2) is 0 Å². The fourth-order valence-electron chi connectivity index (χ4n) is 3.90. The van der Waals surface area contributed by atoms with Crippen LogP contribution in [-0.2, 0) is 18.4 Å². The van der Waals surface area contributed by atoms with Crippen molar-refractivity contribution in [3.8, 4) is 0 Å². The molecule has 1 heteroatoms. The smallest absolute Gasteiger partial charge is 0.0239 e. The van der Waals surface area contributed by atoms with E-state index in [0.29, 0.717) is 6.04 Å². The van der Waals surface area contributed by atoms with Crippen LogP contribution in [0.1, 0.15) is 75.6 Å². The molecule has 1 aliphatic heterocycles. The molecule has 1 aromatic carbocycles. The van der Waals surface area contributed by atoms with E-state index in [0.717, 1.165) is 12.5 Å². The average Bonchev–Trinajstić information content (AvgIpc) is 2.37.